The molecule has 0 atom stereocenters. The van der Waals surface area contributed by atoms with Crippen molar-refractivity contribution >= 4 is 39.1 Å². The van der Waals surface area contributed by atoms with Crippen molar-refractivity contribution in [1.29, 1.82) is 0 Å². The minimum atomic E-state index is 0.762. The van der Waals surface area contributed by atoms with Crippen molar-refractivity contribution < 1.29 is 4.42 Å². The number of para-hydroxylation sites is 2. The predicted octanol–water partition coefficient (Wildman–Crippen LogP) is 5.61. The molecule has 0 saturated carbocycles. The standard InChI is InChI=1S/C20H15BrN2O/c21-16-6-3-5-15(13-16)14-23-19-9-2-1-8-18(19)22-20(23)11-10-17-7-4-12-24-17/h1-13H,14H2/b11-10+. The molecule has 0 aliphatic carbocycles. The molecular weight excluding hydrogens is 364 g/mol. The van der Waals surface area contributed by atoms with Gasteiger partial charge in [-0.05, 0) is 54.1 Å². The molecule has 0 unspecified atom stereocenters. The molecule has 0 N–H and O–H groups in total. The maximum absolute atomic E-state index is 5.37. The first-order valence-electron chi connectivity index (χ1n) is 7.71. The topological polar surface area (TPSA) is 31.0 Å². The molecular formula is C20H15BrN2O. The second-order valence-electron chi connectivity index (χ2n) is 5.52. The molecule has 0 fully saturated rings. The molecule has 0 saturated heterocycles. The van der Waals surface area contributed by atoms with Crippen LogP contribution in [-0.2, 0) is 6.54 Å². The number of aromatic nitrogens is 2. The largest absolute Gasteiger partial charge is 0.465 e. The maximum atomic E-state index is 5.37. The zero-order chi connectivity index (χ0) is 16.4. The summed E-state index contributed by atoms with van der Waals surface area (Å²) in [4.78, 5) is 4.75. The van der Waals surface area contributed by atoms with Gasteiger partial charge in [0, 0.05) is 11.0 Å². The summed E-state index contributed by atoms with van der Waals surface area (Å²) in [5, 5.41) is 0. The third-order valence-corrected chi connectivity index (χ3v) is 4.35. The van der Waals surface area contributed by atoms with Crippen LogP contribution in [-0.4, -0.2) is 9.55 Å². The van der Waals surface area contributed by atoms with Gasteiger partial charge in [0.15, 0.2) is 0 Å². The van der Waals surface area contributed by atoms with E-state index in [1.54, 1.807) is 6.26 Å². The normalized spacial score (nSPS) is 11.5. The average molecular weight is 379 g/mol. The molecule has 4 heteroatoms. The number of hydrogen-bond donors (Lipinski definition) is 0. The fourth-order valence-electron chi connectivity index (χ4n) is 2.75. The van der Waals surface area contributed by atoms with Crippen LogP contribution in [0.4, 0.5) is 0 Å². The molecule has 0 spiro atoms. The molecule has 0 amide bonds. The molecule has 2 aromatic carbocycles. The molecule has 2 aromatic heterocycles. The van der Waals surface area contributed by atoms with E-state index >= 15 is 0 Å². The van der Waals surface area contributed by atoms with Crippen molar-refractivity contribution in [2.75, 3.05) is 0 Å². The van der Waals surface area contributed by atoms with Gasteiger partial charge in [0.1, 0.15) is 11.6 Å². The number of furan rings is 1. The smallest absolute Gasteiger partial charge is 0.134 e. The molecule has 0 aliphatic rings. The molecule has 4 aromatic rings. The first-order valence-corrected chi connectivity index (χ1v) is 8.50. The zero-order valence-electron chi connectivity index (χ0n) is 12.9. The summed E-state index contributed by atoms with van der Waals surface area (Å²) in [6.45, 7) is 0.762. The Hall–Kier alpha value is -2.59. The fraction of sp³-hybridized carbons (Fsp3) is 0.0500. The van der Waals surface area contributed by atoms with Crippen LogP contribution in [0.5, 0.6) is 0 Å². The van der Waals surface area contributed by atoms with E-state index in [1.807, 2.05) is 48.6 Å². The number of nitrogens with zero attached hydrogens (tertiary/aromatic N) is 2. The van der Waals surface area contributed by atoms with E-state index in [1.165, 1.54) is 5.56 Å². The van der Waals surface area contributed by atoms with Crippen molar-refractivity contribution in [3.8, 4) is 0 Å². The van der Waals surface area contributed by atoms with Crippen molar-refractivity contribution in [2.24, 2.45) is 0 Å². The summed E-state index contributed by atoms with van der Waals surface area (Å²) in [7, 11) is 0. The van der Waals surface area contributed by atoms with Gasteiger partial charge in [-0.1, -0.05) is 40.2 Å². The van der Waals surface area contributed by atoms with Crippen LogP contribution >= 0.6 is 15.9 Å². The van der Waals surface area contributed by atoms with E-state index in [4.69, 9.17) is 9.40 Å². The summed E-state index contributed by atoms with van der Waals surface area (Å²) in [6.07, 6.45) is 5.61. The maximum Gasteiger partial charge on any atom is 0.134 e. The van der Waals surface area contributed by atoms with E-state index in [9.17, 15) is 0 Å². The lowest BCUT2D eigenvalue weighted by Gasteiger charge is -2.08. The highest BCUT2D eigenvalue weighted by atomic mass is 79.9. The Kier molecular flexibility index (Phi) is 4.05. The minimum Gasteiger partial charge on any atom is -0.465 e. The third-order valence-electron chi connectivity index (χ3n) is 3.85. The predicted molar refractivity (Wildman–Crippen MR) is 101 cm³/mol. The Labute approximate surface area is 148 Å². The molecule has 0 radical (unpaired) electrons. The highest BCUT2D eigenvalue weighted by molar-refractivity contribution is 9.10. The Morgan fingerprint density at radius 2 is 1.92 bits per heavy atom. The van der Waals surface area contributed by atoms with Gasteiger partial charge in [-0.3, -0.25) is 0 Å². The van der Waals surface area contributed by atoms with Crippen LogP contribution in [0.2, 0.25) is 0 Å². The molecule has 118 valence electrons. The van der Waals surface area contributed by atoms with Gasteiger partial charge in [0.25, 0.3) is 0 Å². The van der Waals surface area contributed by atoms with E-state index in [0.29, 0.717) is 0 Å². The van der Waals surface area contributed by atoms with Gasteiger partial charge in [0.05, 0.1) is 17.3 Å². The molecule has 2 heterocycles. The number of imidazole rings is 1. The summed E-state index contributed by atoms with van der Waals surface area (Å²) in [5.74, 6) is 1.73. The minimum absolute atomic E-state index is 0.762. The Bertz CT molecular complexity index is 1000. The van der Waals surface area contributed by atoms with E-state index in [0.717, 1.165) is 33.6 Å². The van der Waals surface area contributed by atoms with Gasteiger partial charge >= 0.3 is 0 Å². The molecule has 0 aliphatic heterocycles. The summed E-state index contributed by atoms with van der Waals surface area (Å²) in [5.41, 5.74) is 3.34. The number of hydrogen-bond acceptors (Lipinski definition) is 2. The first-order chi connectivity index (χ1) is 11.8. The second kappa shape index (κ2) is 6.49. The van der Waals surface area contributed by atoms with Crippen molar-refractivity contribution in [3.05, 3.63) is 88.5 Å². The lowest BCUT2D eigenvalue weighted by molar-refractivity contribution is 0.557. The van der Waals surface area contributed by atoms with Crippen LogP contribution < -0.4 is 0 Å². The Morgan fingerprint density at radius 1 is 1.00 bits per heavy atom. The first kappa shape index (κ1) is 15.0. The Morgan fingerprint density at radius 3 is 2.75 bits per heavy atom. The fourth-order valence-corrected chi connectivity index (χ4v) is 3.19. The van der Waals surface area contributed by atoms with Crippen molar-refractivity contribution in [1.82, 2.24) is 9.55 Å². The zero-order valence-corrected chi connectivity index (χ0v) is 14.5. The number of rotatable bonds is 4. The van der Waals surface area contributed by atoms with E-state index in [2.05, 4.69) is 44.8 Å². The monoisotopic (exact) mass is 378 g/mol. The molecule has 3 nitrogen and oxygen atoms in total. The van der Waals surface area contributed by atoms with Gasteiger partial charge in [-0.25, -0.2) is 4.98 Å². The van der Waals surface area contributed by atoms with E-state index < -0.39 is 0 Å². The van der Waals surface area contributed by atoms with Crippen LogP contribution in [0.15, 0.2) is 75.8 Å². The summed E-state index contributed by atoms with van der Waals surface area (Å²) >= 11 is 3.54. The SMILES string of the molecule is Brc1cccc(Cn2c(/C=C/c3ccco3)nc3ccccc32)c1. The van der Waals surface area contributed by atoms with Crippen LogP contribution in [0.3, 0.4) is 0 Å². The Balaban J connectivity index is 1.78. The van der Waals surface area contributed by atoms with E-state index in [-0.39, 0.29) is 0 Å². The van der Waals surface area contributed by atoms with Gasteiger partial charge < -0.3 is 8.98 Å². The number of fused-ring (bicyclic) bond motifs is 1. The van der Waals surface area contributed by atoms with Gasteiger partial charge in [-0.15, -0.1) is 0 Å². The molecule has 0 bridgehead atoms. The quantitative estimate of drug-likeness (QED) is 0.461. The third kappa shape index (κ3) is 3.05. The highest BCUT2D eigenvalue weighted by Gasteiger charge is 2.09. The van der Waals surface area contributed by atoms with Crippen molar-refractivity contribution in [2.45, 2.75) is 6.54 Å². The number of benzene rings is 2. The number of halogens is 1. The lowest BCUT2D eigenvalue weighted by atomic mass is 10.2. The molecule has 4 rings (SSSR count). The lowest BCUT2D eigenvalue weighted by Crippen LogP contribution is -2.02. The molecule has 24 heavy (non-hydrogen) atoms. The van der Waals surface area contributed by atoms with Crippen molar-refractivity contribution in [3.63, 3.8) is 0 Å². The van der Waals surface area contributed by atoms with Crippen LogP contribution in [0.25, 0.3) is 23.2 Å². The van der Waals surface area contributed by atoms with Crippen LogP contribution in [0.1, 0.15) is 17.1 Å². The second-order valence-corrected chi connectivity index (χ2v) is 6.44. The van der Waals surface area contributed by atoms with Crippen LogP contribution in [0, 0.1) is 0 Å². The van der Waals surface area contributed by atoms with Gasteiger partial charge in [0.2, 0.25) is 0 Å². The van der Waals surface area contributed by atoms with Gasteiger partial charge in [-0.2, -0.15) is 0 Å². The average Bonchev–Trinajstić information content (AvgIpc) is 3.21. The summed E-state index contributed by atoms with van der Waals surface area (Å²) in [6, 6.07) is 20.3. The summed E-state index contributed by atoms with van der Waals surface area (Å²) < 4.78 is 8.67. The highest BCUT2D eigenvalue weighted by Crippen LogP contribution is 2.21.